The second-order valence-electron chi connectivity index (χ2n) is 4.62. The third-order valence-corrected chi connectivity index (χ3v) is 3.29. The van der Waals surface area contributed by atoms with Crippen LogP contribution in [0, 0.1) is 0 Å². The number of hydrogen-bond acceptors (Lipinski definition) is 4. The fourth-order valence-corrected chi connectivity index (χ4v) is 2.16. The SMILES string of the molecule is CO[C@@H]1CCN(C(=O)OCc2ccccc2)C[C@H]1O. The van der Waals surface area contributed by atoms with Gasteiger partial charge in [-0.2, -0.15) is 0 Å². The summed E-state index contributed by atoms with van der Waals surface area (Å²) in [5.74, 6) is 0. The number of rotatable bonds is 3. The van der Waals surface area contributed by atoms with E-state index in [1.807, 2.05) is 30.3 Å². The Morgan fingerprint density at radius 1 is 1.42 bits per heavy atom. The third kappa shape index (κ3) is 3.68. The first-order valence-electron chi connectivity index (χ1n) is 6.37. The predicted octanol–water partition coefficient (Wildman–Crippen LogP) is 1.40. The molecule has 1 aromatic rings. The molecule has 19 heavy (non-hydrogen) atoms. The Hall–Kier alpha value is -1.59. The molecule has 0 spiro atoms. The molecule has 0 radical (unpaired) electrons. The van der Waals surface area contributed by atoms with E-state index in [-0.39, 0.29) is 19.3 Å². The Kier molecular flexibility index (Phi) is 4.76. The molecule has 0 aromatic heterocycles. The summed E-state index contributed by atoms with van der Waals surface area (Å²) in [6.07, 6.45) is -0.614. The van der Waals surface area contributed by atoms with Crippen molar-refractivity contribution < 1.29 is 19.4 Å². The highest BCUT2D eigenvalue weighted by Gasteiger charge is 2.30. The van der Waals surface area contributed by atoms with Gasteiger partial charge in [-0.1, -0.05) is 30.3 Å². The van der Waals surface area contributed by atoms with Crippen LogP contribution in [0.2, 0.25) is 0 Å². The van der Waals surface area contributed by atoms with Crippen LogP contribution < -0.4 is 0 Å². The molecule has 0 aliphatic carbocycles. The fourth-order valence-electron chi connectivity index (χ4n) is 2.16. The van der Waals surface area contributed by atoms with Crippen LogP contribution in [0.15, 0.2) is 30.3 Å². The van der Waals surface area contributed by atoms with Crippen molar-refractivity contribution in [3.63, 3.8) is 0 Å². The minimum absolute atomic E-state index is 0.196. The maximum Gasteiger partial charge on any atom is 0.410 e. The van der Waals surface area contributed by atoms with E-state index in [1.54, 1.807) is 7.11 Å². The summed E-state index contributed by atoms with van der Waals surface area (Å²) in [5.41, 5.74) is 0.947. The van der Waals surface area contributed by atoms with Crippen molar-refractivity contribution >= 4 is 6.09 Å². The monoisotopic (exact) mass is 265 g/mol. The van der Waals surface area contributed by atoms with Gasteiger partial charge >= 0.3 is 6.09 Å². The first-order valence-corrected chi connectivity index (χ1v) is 6.37. The normalized spacial score (nSPS) is 23.2. The van der Waals surface area contributed by atoms with E-state index in [1.165, 1.54) is 4.90 Å². The summed E-state index contributed by atoms with van der Waals surface area (Å²) in [7, 11) is 1.57. The van der Waals surface area contributed by atoms with Crippen LogP contribution in [0.5, 0.6) is 0 Å². The van der Waals surface area contributed by atoms with Crippen molar-refractivity contribution in [1.82, 2.24) is 4.90 Å². The van der Waals surface area contributed by atoms with Crippen LogP contribution >= 0.6 is 0 Å². The standard InChI is InChI=1S/C14H19NO4/c1-18-13-7-8-15(9-12(13)16)14(17)19-10-11-5-3-2-4-6-11/h2-6,12-13,16H,7-10H2,1H3/t12-,13-/m1/s1. The molecule has 1 aromatic carbocycles. The molecule has 0 bridgehead atoms. The number of ether oxygens (including phenoxy) is 2. The van der Waals surface area contributed by atoms with Crippen LogP contribution in [0.25, 0.3) is 0 Å². The van der Waals surface area contributed by atoms with Crippen molar-refractivity contribution in [3.8, 4) is 0 Å². The van der Waals surface area contributed by atoms with Gasteiger partial charge in [0.25, 0.3) is 0 Å². The molecule has 5 heteroatoms. The molecule has 1 fully saturated rings. The van der Waals surface area contributed by atoms with E-state index in [0.717, 1.165) is 5.56 Å². The summed E-state index contributed by atoms with van der Waals surface area (Å²) in [6, 6.07) is 9.52. The highest BCUT2D eigenvalue weighted by molar-refractivity contribution is 5.67. The van der Waals surface area contributed by atoms with Gasteiger partial charge in [-0.15, -0.1) is 0 Å². The van der Waals surface area contributed by atoms with Gasteiger partial charge < -0.3 is 19.5 Å². The number of carbonyl (C=O) groups excluding carboxylic acids is 1. The zero-order valence-electron chi connectivity index (χ0n) is 11.0. The van der Waals surface area contributed by atoms with Gasteiger partial charge in [-0.05, 0) is 12.0 Å². The first-order chi connectivity index (χ1) is 9.20. The second kappa shape index (κ2) is 6.54. The minimum atomic E-state index is -0.650. The van der Waals surface area contributed by atoms with Gasteiger partial charge in [0.2, 0.25) is 0 Å². The van der Waals surface area contributed by atoms with Crippen molar-refractivity contribution in [2.45, 2.75) is 25.2 Å². The Labute approximate surface area is 112 Å². The maximum atomic E-state index is 11.9. The van der Waals surface area contributed by atoms with Crippen LogP contribution in [0.1, 0.15) is 12.0 Å². The average Bonchev–Trinajstić information content (AvgIpc) is 2.45. The van der Waals surface area contributed by atoms with Gasteiger partial charge in [0.1, 0.15) is 6.61 Å². The van der Waals surface area contributed by atoms with E-state index >= 15 is 0 Å². The molecular weight excluding hydrogens is 246 g/mol. The molecule has 1 aliphatic heterocycles. The largest absolute Gasteiger partial charge is 0.445 e. The Bertz CT molecular complexity index is 409. The van der Waals surface area contributed by atoms with E-state index in [4.69, 9.17) is 9.47 Å². The minimum Gasteiger partial charge on any atom is -0.445 e. The number of likely N-dealkylation sites (tertiary alicyclic amines) is 1. The lowest BCUT2D eigenvalue weighted by molar-refractivity contribution is -0.0577. The molecule has 0 unspecified atom stereocenters. The van der Waals surface area contributed by atoms with Crippen molar-refractivity contribution in [3.05, 3.63) is 35.9 Å². The van der Waals surface area contributed by atoms with Crippen LogP contribution in [-0.2, 0) is 16.1 Å². The molecule has 2 atom stereocenters. The molecule has 1 aliphatic rings. The Morgan fingerprint density at radius 2 is 2.16 bits per heavy atom. The highest BCUT2D eigenvalue weighted by atomic mass is 16.6. The number of carbonyl (C=O) groups is 1. The fraction of sp³-hybridized carbons (Fsp3) is 0.500. The first kappa shape index (κ1) is 13.8. The highest BCUT2D eigenvalue weighted by Crippen LogP contribution is 2.15. The van der Waals surface area contributed by atoms with Gasteiger partial charge in [0.05, 0.1) is 18.8 Å². The summed E-state index contributed by atoms with van der Waals surface area (Å²) in [6.45, 7) is 1.05. The summed E-state index contributed by atoms with van der Waals surface area (Å²) in [4.78, 5) is 13.4. The molecule has 0 saturated carbocycles. The predicted molar refractivity (Wildman–Crippen MR) is 69.6 cm³/mol. The molecule has 5 nitrogen and oxygen atoms in total. The molecule has 1 N–H and O–H groups in total. The number of nitrogens with zero attached hydrogens (tertiary/aromatic N) is 1. The van der Waals surface area contributed by atoms with Crippen molar-refractivity contribution in [2.75, 3.05) is 20.2 Å². The maximum absolute atomic E-state index is 11.9. The van der Waals surface area contributed by atoms with E-state index in [9.17, 15) is 9.90 Å². The van der Waals surface area contributed by atoms with E-state index in [2.05, 4.69) is 0 Å². The van der Waals surface area contributed by atoms with Crippen LogP contribution in [-0.4, -0.2) is 48.5 Å². The summed E-state index contributed by atoms with van der Waals surface area (Å²) < 4.78 is 10.4. The molecule has 1 heterocycles. The third-order valence-electron chi connectivity index (χ3n) is 3.29. The van der Waals surface area contributed by atoms with Crippen molar-refractivity contribution in [2.24, 2.45) is 0 Å². The zero-order valence-corrected chi connectivity index (χ0v) is 11.0. The second-order valence-corrected chi connectivity index (χ2v) is 4.62. The van der Waals surface area contributed by atoms with Gasteiger partial charge in [0, 0.05) is 13.7 Å². The molecular formula is C14H19NO4. The van der Waals surface area contributed by atoms with E-state index < -0.39 is 12.2 Å². The number of benzene rings is 1. The number of amides is 1. The lowest BCUT2D eigenvalue weighted by Gasteiger charge is -2.34. The molecule has 1 amide bonds. The van der Waals surface area contributed by atoms with E-state index in [0.29, 0.717) is 13.0 Å². The smallest absolute Gasteiger partial charge is 0.410 e. The quantitative estimate of drug-likeness (QED) is 0.897. The number of aliphatic hydroxyl groups excluding tert-OH is 1. The number of methoxy groups -OCH3 is 1. The molecule has 1 saturated heterocycles. The topological polar surface area (TPSA) is 59.0 Å². The van der Waals surface area contributed by atoms with Crippen molar-refractivity contribution in [1.29, 1.82) is 0 Å². The van der Waals surface area contributed by atoms with Gasteiger partial charge in [-0.25, -0.2) is 4.79 Å². The molecule has 104 valence electrons. The Balaban J connectivity index is 1.81. The zero-order chi connectivity index (χ0) is 13.7. The van der Waals surface area contributed by atoms with Crippen LogP contribution in [0.3, 0.4) is 0 Å². The Morgan fingerprint density at radius 3 is 2.79 bits per heavy atom. The molecule has 2 rings (SSSR count). The number of hydrogen-bond donors (Lipinski definition) is 1. The summed E-state index contributed by atoms with van der Waals surface area (Å²) >= 11 is 0. The van der Waals surface area contributed by atoms with Gasteiger partial charge in [0.15, 0.2) is 0 Å². The number of piperidine rings is 1. The number of β-amino-alcohol motifs (C(OH)–C–C–N with tert-alkyl or cyclic N) is 1. The van der Waals surface area contributed by atoms with Gasteiger partial charge in [-0.3, -0.25) is 0 Å². The lowest BCUT2D eigenvalue weighted by atomic mass is 10.1. The average molecular weight is 265 g/mol. The summed E-state index contributed by atoms with van der Waals surface area (Å²) in [5, 5.41) is 9.80. The van der Waals surface area contributed by atoms with Crippen LogP contribution in [0.4, 0.5) is 4.79 Å². The number of aliphatic hydroxyl groups is 1. The lowest BCUT2D eigenvalue weighted by Crippen LogP contribution is -2.49.